The van der Waals surface area contributed by atoms with Crippen molar-refractivity contribution in [2.24, 2.45) is 0 Å². The minimum Gasteiger partial charge on any atom is -0.465 e. The molecule has 0 aromatic heterocycles. The van der Waals surface area contributed by atoms with Gasteiger partial charge in [-0.1, -0.05) is 0 Å². The molecule has 21 heavy (non-hydrogen) atoms. The number of benzene rings is 1. The Hall–Kier alpha value is -2.25. The largest absolute Gasteiger partial charge is 0.465 e. The molecule has 1 aliphatic heterocycles. The Labute approximate surface area is 118 Å². The molecular formula is C13H12F3NO4. The first-order chi connectivity index (χ1) is 9.56. The quantitative estimate of drug-likeness (QED) is 0.809. The van der Waals surface area contributed by atoms with Crippen LogP contribution in [0.15, 0.2) is 12.1 Å². The third-order valence-corrected chi connectivity index (χ3v) is 3.09. The smallest absolute Gasteiger partial charge is 0.416 e. The highest BCUT2D eigenvalue weighted by atomic mass is 19.4. The van der Waals surface area contributed by atoms with Crippen molar-refractivity contribution in [1.82, 2.24) is 0 Å². The zero-order chi connectivity index (χ0) is 16.0. The van der Waals surface area contributed by atoms with Crippen molar-refractivity contribution < 1.29 is 32.2 Å². The predicted molar refractivity (Wildman–Crippen MR) is 65.9 cm³/mol. The van der Waals surface area contributed by atoms with Crippen LogP contribution in [-0.2, 0) is 21.3 Å². The Balaban J connectivity index is 2.76. The lowest BCUT2D eigenvalue weighted by Crippen LogP contribution is -2.36. The summed E-state index contributed by atoms with van der Waals surface area (Å²) in [7, 11) is 1.04. The SMILES string of the molecule is COC(=O)c1cc(C(F)(F)F)cc2c1NC(=O)OC2(C)C. The van der Waals surface area contributed by atoms with Crippen LogP contribution in [0.1, 0.15) is 35.3 Å². The van der Waals surface area contributed by atoms with E-state index in [4.69, 9.17) is 4.74 Å². The third-order valence-electron chi connectivity index (χ3n) is 3.09. The van der Waals surface area contributed by atoms with Gasteiger partial charge in [-0.3, -0.25) is 5.32 Å². The van der Waals surface area contributed by atoms with Gasteiger partial charge in [0.2, 0.25) is 0 Å². The van der Waals surface area contributed by atoms with Crippen LogP contribution < -0.4 is 5.32 Å². The number of halogens is 3. The second kappa shape index (κ2) is 4.64. The van der Waals surface area contributed by atoms with Gasteiger partial charge in [-0.2, -0.15) is 13.2 Å². The maximum atomic E-state index is 13.0. The van der Waals surface area contributed by atoms with Gasteiger partial charge in [-0.25, -0.2) is 9.59 Å². The number of anilines is 1. The molecule has 1 heterocycles. The average molecular weight is 303 g/mol. The van der Waals surface area contributed by atoms with Crippen molar-refractivity contribution in [3.05, 3.63) is 28.8 Å². The lowest BCUT2D eigenvalue weighted by atomic mass is 9.90. The standard InChI is InChI=1S/C13H12F3NO4/c1-12(2)8-5-6(13(14,15)16)4-7(10(18)20-3)9(8)17-11(19)21-12/h4-5H,1-3H3,(H,17,19). The summed E-state index contributed by atoms with van der Waals surface area (Å²) in [5, 5.41) is 2.25. The van der Waals surface area contributed by atoms with Gasteiger partial charge in [-0.05, 0) is 26.0 Å². The number of esters is 1. The molecular weight excluding hydrogens is 291 g/mol. The molecule has 0 aliphatic carbocycles. The van der Waals surface area contributed by atoms with Crippen molar-refractivity contribution in [1.29, 1.82) is 0 Å². The number of alkyl halides is 3. The number of rotatable bonds is 1. The van der Waals surface area contributed by atoms with Gasteiger partial charge in [0.1, 0.15) is 5.60 Å². The van der Waals surface area contributed by atoms with Crippen LogP contribution in [0.4, 0.5) is 23.7 Å². The molecule has 0 fully saturated rings. The maximum Gasteiger partial charge on any atom is 0.416 e. The van der Waals surface area contributed by atoms with Crippen LogP contribution in [0.5, 0.6) is 0 Å². The topological polar surface area (TPSA) is 64.6 Å². The highest BCUT2D eigenvalue weighted by Crippen LogP contribution is 2.42. The van der Waals surface area contributed by atoms with E-state index >= 15 is 0 Å². The third kappa shape index (κ3) is 2.65. The van der Waals surface area contributed by atoms with Crippen molar-refractivity contribution in [2.75, 3.05) is 12.4 Å². The highest BCUT2D eigenvalue weighted by molar-refractivity contribution is 6.02. The predicted octanol–water partition coefficient (Wildman–Crippen LogP) is 3.29. The number of hydrogen-bond donors (Lipinski definition) is 1. The molecule has 1 aromatic carbocycles. The van der Waals surface area contributed by atoms with Gasteiger partial charge in [0.25, 0.3) is 0 Å². The monoisotopic (exact) mass is 303 g/mol. The van der Waals surface area contributed by atoms with Crippen molar-refractivity contribution in [2.45, 2.75) is 25.6 Å². The summed E-state index contributed by atoms with van der Waals surface area (Å²) in [5.41, 5.74) is -2.67. The molecule has 5 nitrogen and oxygen atoms in total. The van der Waals surface area contributed by atoms with Gasteiger partial charge < -0.3 is 9.47 Å². The Morgan fingerprint density at radius 2 is 1.95 bits per heavy atom. The minimum atomic E-state index is -4.64. The molecule has 1 amide bonds. The maximum absolute atomic E-state index is 13.0. The molecule has 0 saturated heterocycles. The summed E-state index contributed by atoms with van der Waals surface area (Å²) < 4.78 is 48.3. The summed E-state index contributed by atoms with van der Waals surface area (Å²) >= 11 is 0. The second-order valence-corrected chi connectivity index (χ2v) is 4.96. The average Bonchev–Trinajstić information content (AvgIpc) is 2.34. The molecule has 1 aromatic rings. The van der Waals surface area contributed by atoms with Crippen LogP contribution in [-0.4, -0.2) is 19.2 Å². The Kier molecular flexibility index (Phi) is 3.35. The number of ether oxygens (including phenoxy) is 2. The van der Waals surface area contributed by atoms with E-state index in [2.05, 4.69) is 10.1 Å². The molecule has 2 rings (SSSR count). The van der Waals surface area contributed by atoms with E-state index in [0.717, 1.165) is 13.2 Å². The number of amides is 1. The molecule has 0 radical (unpaired) electrons. The lowest BCUT2D eigenvalue weighted by Gasteiger charge is -2.33. The van der Waals surface area contributed by atoms with Gasteiger partial charge in [0, 0.05) is 5.56 Å². The first kappa shape index (κ1) is 15.1. The first-order valence-electron chi connectivity index (χ1n) is 5.90. The molecule has 0 atom stereocenters. The van der Waals surface area contributed by atoms with E-state index in [-0.39, 0.29) is 16.8 Å². The van der Waals surface area contributed by atoms with Gasteiger partial charge in [0.15, 0.2) is 0 Å². The zero-order valence-corrected chi connectivity index (χ0v) is 11.4. The number of carbonyl (C=O) groups excluding carboxylic acids is 2. The van der Waals surface area contributed by atoms with Crippen molar-refractivity contribution in [3.63, 3.8) is 0 Å². The number of methoxy groups -OCH3 is 1. The van der Waals surface area contributed by atoms with Crippen LogP contribution >= 0.6 is 0 Å². The summed E-state index contributed by atoms with van der Waals surface area (Å²) in [6.45, 7) is 2.87. The molecule has 114 valence electrons. The van der Waals surface area contributed by atoms with Crippen molar-refractivity contribution >= 4 is 17.7 Å². The van der Waals surface area contributed by atoms with Gasteiger partial charge >= 0.3 is 18.2 Å². The van der Waals surface area contributed by atoms with E-state index in [1.807, 2.05) is 0 Å². The fraction of sp³-hybridized carbons (Fsp3) is 0.385. The van der Waals surface area contributed by atoms with Gasteiger partial charge in [-0.15, -0.1) is 0 Å². The van der Waals surface area contributed by atoms with E-state index in [1.54, 1.807) is 0 Å². The Morgan fingerprint density at radius 3 is 2.48 bits per heavy atom. The van der Waals surface area contributed by atoms with Crippen LogP contribution in [0, 0.1) is 0 Å². The van der Waals surface area contributed by atoms with Crippen LogP contribution in [0.25, 0.3) is 0 Å². The summed E-state index contributed by atoms with van der Waals surface area (Å²) in [6.07, 6.45) is -5.49. The minimum absolute atomic E-state index is 0.0314. The van der Waals surface area contributed by atoms with Gasteiger partial charge in [0.05, 0.1) is 23.9 Å². The Bertz CT molecular complexity index is 623. The number of carbonyl (C=O) groups is 2. The normalized spacial score (nSPS) is 16.6. The van der Waals surface area contributed by atoms with E-state index < -0.39 is 29.4 Å². The summed E-state index contributed by atoms with van der Waals surface area (Å²) in [4.78, 5) is 23.2. The zero-order valence-electron chi connectivity index (χ0n) is 11.4. The van der Waals surface area contributed by atoms with E-state index in [0.29, 0.717) is 6.07 Å². The molecule has 0 unspecified atom stereocenters. The van der Waals surface area contributed by atoms with E-state index in [9.17, 15) is 22.8 Å². The van der Waals surface area contributed by atoms with Crippen LogP contribution in [0.2, 0.25) is 0 Å². The molecule has 0 spiro atoms. The molecule has 0 saturated carbocycles. The fourth-order valence-electron chi connectivity index (χ4n) is 2.10. The molecule has 0 bridgehead atoms. The summed E-state index contributed by atoms with van der Waals surface area (Å²) in [6, 6.07) is 1.49. The number of nitrogens with one attached hydrogen (secondary N) is 1. The molecule has 1 N–H and O–H groups in total. The Morgan fingerprint density at radius 1 is 1.33 bits per heavy atom. The fourth-order valence-corrected chi connectivity index (χ4v) is 2.10. The highest BCUT2D eigenvalue weighted by Gasteiger charge is 2.40. The molecule has 8 heteroatoms. The lowest BCUT2D eigenvalue weighted by molar-refractivity contribution is -0.137. The van der Waals surface area contributed by atoms with Crippen molar-refractivity contribution in [3.8, 4) is 0 Å². The molecule has 1 aliphatic rings. The first-order valence-corrected chi connectivity index (χ1v) is 5.90. The van der Waals surface area contributed by atoms with Crippen LogP contribution in [0.3, 0.4) is 0 Å². The number of fused-ring (bicyclic) bond motifs is 1. The van der Waals surface area contributed by atoms with E-state index in [1.165, 1.54) is 13.8 Å². The second-order valence-electron chi connectivity index (χ2n) is 4.96. The number of hydrogen-bond acceptors (Lipinski definition) is 4. The number of cyclic esters (lactones) is 1. The summed E-state index contributed by atoms with van der Waals surface area (Å²) in [5.74, 6) is -0.977.